The summed E-state index contributed by atoms with van der Waals surface area (Å²) in [7, 11) is 6.03. The maximum atomic E-state index is 5.57. The molecule has 0 saturated heterocycles. The zero-order chi connectivity index (χ0) is 24.7. The molecule has 8 nitrogen and oxygen atoms in total. The molecule has 0 aromatic carbocycles. The van der Waals surface area contributed by atoms with Crippen molar-refractivity contribution in [1.29, 1.82) is 0 Å². The number of aromatic nitrogens is 6. The van der Waals surface area contributed by atoms with Gasteiger partial charge in [0.15, 0.2) is 11.4 Å². The first-order valence-corrected chi connectivity index (χ1v) is 12.5. The molecule has 0 aliphatic heterocycles. The monoisotopic (exact) mass is 473 g/mol. The highest BCUT2D eigenvalue weighted by Gasteiger charge is 2.26. The minimum absolute atomic E-state index is 0.249. The van der Waals surface area contributed by atoms with E-state index in [-0.39, 0.29) is 5.92 Å². The Bertz CT molecular complexity index is 1330. The fourth-order valence-corrected chi connectivity index (χ4v) is 5.54. The third-order valence-corrected chi connectivity index (χ3v) is 7.49. The molecule has 0 amide bonds. The molecule has 1 fully saturated rings. The number of rotatable bonds is 6. The Labute approximate surface area is 206 Å². The van der Waals surface area contributed by atoms with Crippen molar-refractivity contribution in [1.82, 2.24) is 34.7 Å². The summed E-state index contributed by atoms with van der Waals surface area (Å²) in [6, 6.07) is 4.89. The molecular weight excluding hydrogens is 438 g/mol. The van der Waals surface area contributed by atoms with Crippen molar-refractivity contribution in [3.8, 4) is 28.4 Å². The average molecular weight is 474 g/mol. The van der Waals surface area contributed by atoms with E-state index in [2.05, 4.69) is 67.2 Å². The van der Waals surface area contributed by atoms with Crippen LogP contribution in [0, 0.1) is 6.92 Å². The second-order valence-electron chi connectivity index (χ2n) is 10.2. The molecule has 1 aliphatic rings. The molecule has 0 bridgehead atoms. The molecule has 4 aromatic rings. The van der Waals surface area contributed by atoms with Crippen LogP contribution in [0.5, 0.6) is 5.75 Å². The molecule has 4 heterocycles. The van der Waals surface area contributed by atoms with E-state index in [0.29, 0.717) is 23.4 Å². The Hall–Kier alpha value is -3.26. The molecule has 1 aliphatic carbocycles. The van der Waals surface area contributed by atoms with Crippen LogP contribution in [0.25, 0.3) is 28.3 Å². The second kappa shape index (κ2) is 9.41. The van der Waals surface area contributed by atoms with E-state index in [9.17, 15) is 0 Å². The largest absolute Gasteiger partial charge is 0.493 e. The zero-order valence-corrected chi connectivity index (χ0v) is 21.5. The Morgan fingerprint density at radius 3 is 2.54 bits per heavy atom. The summed E-state index contributed by atoms with van der Waals surface area (Å²) in [6.45, 7) is 6.59. The first-order valence-electron chi connectivity index (χ1n) is 12.5. The number of hydrogen-bond donors (Lipinski definition) is 1. The van der Waals surface area contributed by atoms with E-state index in [4.69, 9.17) is 14.8 Å². The highest BCUT2D eigenvalue weighted by Crippen LogP contribution is 2.39. The van der Waals surface area contributed by atoms with Crippen LogP contribution in [-0.2, 0) is 0 Å². The van der Waals surface area contributed by atoms with Gasteiger partial charge in [-0.1, -0.05) is 13.8 Å². The lowest BCUT2D eigenvalue weighted by atomic mass is 9.80. The molecule has 1 N–H and O–H groups in total. The van der Waals surface area contributed by atoms with Crippen LogP contribution in [0.1, 0.15) is 68.1 Å². The quantitative estimate of drug-likeness (QED) is 0.414. The Kier molecular flexibility index (Phi) is 6.32. The first-order chi connectivity index (χ1) is 16.9. The second-order valence-corrected chi connectivity index (χ2v) is 10.2. The highest BCUT2D eigenvalue weighted by atomic mass is 16.5. The Morgan fingerprint density at radius 1 is 1.11 bits per heavy atom. The molecule has 0 spiro atoms. The normalized spacial score (nSPS) is 18.6. The summed E-state index contributed by atoms with van der Waals surface area (Å²) in [6.07, 6.45) is 10.5. The predicted octanol–water partition coefficient (Wildman–Crippen LogP) is 5.21. The number of aryl methyl sites for hydroxylation is 1. The van der Waals surface area contributed by atoms with E-state index in [1.54, 1.807) is 11.6 Å². The van der Waals surface area contributed by atoms with Crippen LogP contribution in [0.15, 0.2) is 30.9 Å². The fraction of sp³-hybridized carbons (Fsp3) is 0.481. The van der Waals surface area contributed by atoms with E-state index in [1.807, 2.05) is 12.3 Å². The molecule has 35 heavy (non-hydrogen) atoms. The summed E-state index contributed by atoms with van der Waals surface area (Å²) >= 11 is 0. The van der Waals surface area contributed by atoms with Gasteiger partial charge in [-0.15, -0.1) is 0 Å². The van der Waals surface area contributed by atoms with Crippen molar-refractivity contribution in [3.05, 3.63) is 47.5 Å². The van der Waals surface area contributed by atoms with Gasteiger partial charge < -0.3 is 9.64 Å². The van der Waals surface area contributed by atoms with Gasteiger partial charge in [0.2, 0.25) is 0 Å². The SMILES string of the molecule is COc1cc(-c2[nH]nc(-c3cc(C)c(C4CCC(N(C)C)CC4)cn3)c2C(C)C)cn2ncnc12. The van der Waals surface area contributed by atoms with Crippen LogP contribution >= 0.6 is 0 Å². The van der Waals surface area contributed by atoms with Crippen LogP contribution < -0.4 is 4.74 Å². The zero-order valence-electron chi connectivity index (χ0n) is 21.5. The number of ether oxygens (including phenoxy) is 1. The minimum atomic E-state index is 0.249. The number of fused-ring (bicyclic) bond motifs is 1. The molecule has 184 valence electrons. The number of methoxy groups -OCH3 is 1. The summed E-state index contributed by atoms with van der Waals surface area (Å²) in [4.78, 5) is 11.6. The van der Waals surface area contributed by atoms with Gasteiger partial charge in [-0.3, -0.25) is 10.1 Å². The molecular formula is C27H35N7O. The first kappa shape index (κ1) is 23.5. The number of H-pyrrole nitrogens is 1. The van der Waals surface area contributed by atoms with Gasteiger partial charge >= 0.3 is 0 Å². The standard InChI is InChI=1S/C27H35N7O/c1-16(2)24-25(19-12-23(35-6)27-29-15-30-34(27)14-19)31-32-26(24)22-11-17(3)21(13-28-22)18-7-9-20(10-8-18)33(4)5/h11-16,18,20H,7-10H2,1-6H3,(H,31,32). The van der Waals surface area contributed by atoms with Gasteiger partial charge in [-0.2, -0.15) is 10.2 Å². The molecule has 0 unspecified atom stereocenters. The summed E-state index contributed by atoms with van der Waals surface area (Å²) in [5.74, 6) is 1.52. The minimum Gasteiger partial charge on any atom is -0.493 e. The molecule has 0 radical (unpaired) electrons. The fourth-order valence-electron chi connectivity index (χ4n) is 5.54. The van der Waals surface area contributed by atoms with Gasteiger partial charge in [-0.25, -0.2) is 9.50 Å². The van der Waals surface area contributed by atoms with Crippen LogP contribution in [0.2, 0.25) is 0 Å². The van der Waals surface area contributed by atoms with Crippen molar-refractivity contribution in [2.75, 3.05) is 21.2 Å². The predicted molar refractivity (Wildman–Crippen MR) is 138 cm³/mol. The number of hydrogen-bond acceptors (Lipinski definition) is 6. The van der Waals surface area contributed by atoms with Crippen molar-refractivity contribution < 1.29 is 4.74 Å². The summed E-state index contributed by atoms with van der Waals surface area (Å²) in [5, 5.41) is 12.3. The number of nitrogens with zero attached hydrogens (tertiary/aromatic N) is 6. The van der Waals surface area contributed by atoms with Crippen molar-refractivity contribution in [2.45, 2.75) is 64.3 Å². The lowest BCUT2D eigenvalue weighted by Crippen LogP contribution is -2.31. The van der Waals surface area contributed by atoms with Crippen LogP contribution in [0.3, 0.4) is 0 Å². The van der Waals surface area contributed by atoms with Crippen molar-refractivity contribution in [3.63, 3.8) is 0 Å². The number of nitrogens with one attached hydrogen (secondary N) is 1. The molecule has 4 aromatic heterocycles. The summed E-state index contributed by atoms with van der Waals surface area (Å²) < 4.78 is 7.31. The van der Waals surface area contributed by atoms with Gasteiger partial charge in [0.1, 0.15) is 12.0 Å². The third-order valence-electron chi connectivity index (χ3n) is 7.49. The van der Waals surface area contributed by atoms with Gasteiger partial charge in [0.25, 0.3) is 0 Å². The Balaban J connectivity index is 1.49. The van der Waals surface area contributed by atoms with Gasteiger partial charge in [0.05, 0.1) is 18.5 Å². The smallest absolute Gasteiger partial charge is 0.197 e. The van der Waals surface area contributed by atoms with E-state index in [1.165, 1.54) is 43.1 Å². The highest BCUT2D eigenvalue weighted by molar-refractivity contribution is 5.75. The maximum Gasteiger partial charge on any atom is 0.197 e. The van der Waals surface area contributed by atoms with Crippen LogP contribution in [0.4, 0.5) is 0 Å². The van der Waals surface area contributed by atoms with Gasteiger partial charge in [-0.05, 0) is 81.8 Å². The molecule has 5 rings (SSSR count). The van der Waals surface area contributed by atoms with Gasteiger partial charge in [0, 0.05) is 29.6 Å². The maximum absolute atomic E-state index is 5.57. The topological polar surface area (TPSA) is 84.2 Å². The van der Waals surface area contributed by atoms with E-state index in [0.717, 1.165) is 28.2 Å². The lowest BCUT2D eigenvalue weighted by Gasteiger charge is -2.33. The summed E-state index contributed by atoms with van der Waals surface area (Å²) in [5.41, 5.74) is 8.23. The molecule has 1 saturated carbocycles. The average Bonchev–Trinajstić information content (AvgIpc) is 3.51. The molecule has 8 heteroatoms. The van der Waals surface area contributed by atoms with E-state index >= 15 is 0 Å². The number of pyridine rings is 2. The lowest BCUT2D eigenvalue weighted by molar-refractivity contribution is 0.216. The van der Waals surface area contributed by atoms with Crippen molar-refractivity contribution >= 4 is 5.65 Å². The van der Waals surface area contributed by atoms with Crippen molar-refractivity contribution in [2.24, 2.45) is 0 Å². The van der Waals surface area contributed by atoms with Crippen LogP contribution in [-0.4, -0.2) is 61.9 Å². The van der Waals surface area contributed by atoms with E-state index < -0.39 is 0 Å². The third kappa shape index (κ3) is 4.31. The Morgan fingerprint density at radius 2 is 1.89 bits per heavy atom. The molecule has 0 atom stereocenters. The number of aromatic amines is 1.